The molecule has 0 aliphatic carbocycles. The van der Waals surface area contributed by atoms with Crippen LogP contribution in [0.3, 0.4) is 0 Å². The fourth-order valence-electron chi connectivity index (χ4n) is 1.11. The molecule has 5 N–H and O–H groups in total. The van der Waals surface area contributed by atoms with Crippen LogP contribution in [0, 0.1) is 0 Å². The summed E-state index contributed by atoms with van der Waals surface area (Å²) < 4.78 is 0. The second-order valence-electron chi connectivity index (χ2n) is 2.85. The zero-order valence-corrected chi connectivity index (χ0v) is 9.71. The Bertz CT molecular complexity index is 83.4. The molecule has 0 aromatic heterocycles. The number of nitrogens with two attached hydrogens (primary N) is 2. The summed E-state index contributed by atoms with van der Waals surface area (Å²) in [4.78, 5) is 2.19. The van der Waals surface area contributed by atoms with Crippen LogP contribution in [0.2, 0.25) is 0 Å². The Morgan fingerprint density at radius 2 is 1.36 bits per heavy atom. The molecule has 0 aromatic carbocycles. The van der Waals surface area contributed by atoms with Gasteiger partial charge in [0.2, 0.25) is 0 Å². The lowest BCUT2D eigenvalue weighted by atomic mass is 10.3. The predicted octanol–water partition coefficient (Wildman–Crippen LogP) is 0.00450. The molecule has 14 heavy (non-hydrogen) atoms. The highest BCUT2D eigenvalue weighted by atomic mass is 16.3. The van der Waals surface area contributed by atoms with Gasteiger partial charge in [-0.25, -0.2) is 0 Å². The molecular weight excluding hydrogens is 178 g/mol. The van der Waals surface area contributed by atoms with Gasteiger partial charge in [-0.3, -0.25) is 0 Å². The lowest BCUT2D eigenvalue weighted by Gasteiger charge is -2.20. The Kier molecular flexibility index (Phi) is 17.8. The number of hydrogen-bond acceptors (Lipinski definition) is 4. The molecule has 0 saturated heterocycles. The van der Waals surface area contributed by atoms with Gasteiger partial charge in [0.25, 0.3) is 0 Å². The SMILES string of the molecule is CC.NCCCN(CCO)CCCN. The normalized spacial score (nSPS) is 9.86. The average Bonchev–Trinajstić information content (AvgIpc) is 2.25. The maximum absolute atomic E-state index is 8.73. The molecule has 0 aromatic rings. The first-order valence-electron chi connectivity index (χ1n) is 5.58. The lowest BCUT2D eigenvalue weighted by Crippen LogP contribution is -2.31. The van der Waals surface area contributed by atoms with Crippen LogP contribution in [0.25, 0.3) is 0 Å². The molecule has 0 atom stereocenters. The van der Waals surface area contributed by atoms with Gasteiger partial charge >= 0.3 is 0 Å². The molecule has 0 aliphatic heterocycles. The van der Waals surface area contributed by atoms with E-state index in [-0.39, 0.29) is 6.61 Å². The van der Waals surface area contributed by atoms with Gasteiger partial charge in [-0.1, -0.05) is 13.8 Å². The van der Waals surface area contributed by atoms with Crippen LogP contribution < -0.4 is 11.5 Å². The Balaban J connectivity index is 0. The Hall–Kier alpha value is -0.160. The van der Waals surface area contributed by atoms with Crippen molar-refractivity contribution in [2.75, 3.05) is 39.3 Å². The molecule has 0 aliphatic rings. The minimum absolute atomic E-state index is 0.217. The first-order chi connectivity index (χ1) is 6.85. The fourth-order valence-corrected chi connectivity index (χ4v) is 1.11. The molecule has 4 nitrogen and oxygen atoms in total. The molecule has 0 fully saturated rings. The second kappa shape index (κ2) is 15.3. The average molecular weight is 205 g/mol. The van der Waals surface area contributed by atoms with Gasteiger partial charge in [-0.2, -0.15) is 0 Å². The minimum atomic E-state index is 0.217. The summed E-state index contributed by atoms with van der Waals surface area (Å²) in [7, 11) is 0. The van der Waals surface area contributed by atoms with Crippen LogP contribution in [0.15, 0.2) is 0 Å². The molecule has 0 heterocycles. The van der Waals surface area contributed by atoms with Gasteiger partial charge in [0.05, 0.1) is 6.61 Å². The van der Waals surface area contributed by atoms with Crippen LogP contribution in [0.4, 0.5) is 0 Å². The van der Waals surface area contributed by atoms with Gasteiger partial charge in [-0.15, -0.1) is 0 Å². The molecule has 0 spiro atoms. The Morgan fingerprint density at radius 1 is 0.929 bits per heavy atom. The maximum atomic E-state index is 8.73. The van der Waals surface area contributed by atoms with Crippen molar-refractivity contribution in [2.45, 2.75) is 26.7 Å². The molecule has 0 bridgehead atoms. The summed E-state index contributed by atoms with van der Waals surface area (Å²) in [6.45, 7) is 8.32. The smallest absolute Gasteiger partial charge is 0.0558 e. The monoisotopic (exact) mass is 205 g/mol. The highest BCUT2D eigenvalue weighted by molar-refractivity contribution is 4.57. The lowest BCUT2D eigenvalue weighted by molar-refractivity contribution is 0.194. The van der Waals surface area contributed by atoms with Crippen LogP contribution in [0.1, 0.15) is 26.7 Å². The van der Waals surface area contributed by atoms with Crippen molar-refractivity contribution in [1.82, 2.24) is 4.90 Å². The van der Waals surface area contributed by atoms with Crippen molar-refractivity contribution >= 4 is 0 Å². The van der Waals surface area contributed by atoms with Crippen LogP contribution in [-0.4, -0.2) is 49.3 Å². The van der Waals surface area contributed by atoms with Crippen molar-refractivity contribution in [3.05, 3.63) is 0 Å². The van der Waals surface area contributed by atoms with Crippen LogP contribution in [0.5, 0.6) is 0 Å². The zero-order valence-electron chi connectivity index (χ0n) is 9.71. The largest absolute Gasteiger partial charge is 0.395 e. The molecule has 88 valence electrons. The van der Waals surface area contributed by atoms with E-state index < -0.39 is 0 Å². The highest BCUT2D eigenvalue weighted by Crippen LogP contribution is 1.91. The van der Waals surface area contributed by atoms with E-state index in [1.54, 1.807) is 0 Å². The van der Waals surface area contributed by atoms with Crippen molar-refractivity contribution in [2.24, 2.45) is 11.5 Å². The summed E-state index contributed by atoms with van der Waals surface area (Å²) >= 11 is 0. The van der Waals surface area contributed by atoms with E-state index in [4.69, 9.17) is 16.6 Å². The van der Waals surface area contributed by atoms with Crippen molar-refractivity contribution in [3.8, 4) is 0 Å². The summed E-state index contributed by atoms with van der Waals surface area (Å²) in [5, 5.41) is 8.73. The topological polar surface area (TPSA) is 75.5 Å². The highest BCUT2D eigenvalue weighted by Gasteiger charge is 2.01. The van der Waals surface area contributed by atoms with E-state index in [0.29, 0.717) is 13.1 Å². The minimum Gasteiger partial charge on any atom is -0.395 e. The van der Waals surface area contributed by atoms with Crippen molar-refractivity contribution in [3.63, 3.8) is 0 Å². The van der Waals surface area contributed by atoms with E-state index in [2.05, 4.69) is 4.90 Å². The third-order valence-electron chi connectivity index (χ3n) is 1.77. The van der Waals surface area contributed by atoms with Crippen LogP contribution in [-0.2, 0) is 0 Å². The van der Waals surface area contributed by atoms with Gasteiger partial charge in [-0.05, 0) is 39.0 Å². The molecule has 4 heteroatoms. The first-order valence-corrected chi connectivity index (χ1v) is 5.58. The number of aliphatic hydroxyl groups is 1. The number of hydrogen-bond donors (Lipinski definition) is 3. The van der Waals surface area contributed by atoms with Crippen molar-refractivity contribution < 1.29 is 5.11 Å². The van der Waals surface area contributed by atoms with E-state index in [0.717, 1.165) is 32.5 Å². The number of rotatable bonds is 8. The molecule has 0 rings (SSSR count). The van der Waals surface area contributed by atoms with Gasteiger partial charge in [0, 0.05) is 6.54 Å². The number of aliphatic hydroxyl groups excluding tert-OH is 1. The summed E-state index contributed by atoms with van der Waals surface area (Å²) in [6, 6.07) is 0. The Labute approximate surface area is 88.3 Å². The van der Waals surface area contributed by atoms with Crippen molar-refractivity contribution in [1.29, 1.82) is 0 Å². The summed E-state index contributed by atoms with van der Waals surface area (Å²) in [5.74, 6) is 0. The molecule has 0 unspecified atom stereocenters. The van der Waals surface area contributed by atoms with Crippen LogP contribution >= 0.6 is 0 Å². The zero-order chi connectivity index (χ0) is 11.2. The van der Waals surface area contributed by atoms with Gasteiger partial charge in [0.15, 0.2) is 0 Å². The summed E-state index contributed by atoms with van der Waals surface area (Å²) in [6.07, 6.45) is 1.98. The summed E-state index contributed by atoms with van der Waals surface area (Å²) in [5.41, 5.74) is 10.8. The molecule has 0 saturated carbocycles. The number of nitrogens with zero attached hydrogens (tertiary/aromatic N) is 1. The molecular formula is C10H27N3O. The third-order valence-corrected chi connectivity index (χ3v) is 1.77. The standard InChI is InChI=1S/C8H21N3O.C2H6/c9-3-1-5-11(7-8-12)6-2-4-10;1-2/h12H,1-10H2;1-2H3. The quantitative estimate of drug-likeness (QED) is 0.521. The van der Waals surface area contributed by atoms with E-state index >= 15 is 0 Å². The Morgan fingerprint density at radius 3 is 1.64 bits per heavy atom. The van der Waals surface area contributed by atoms with Gasteiger partial charge < -0.3 is 21.5 Å². The van der Waals surface area contributed by atoms with E-state index in [1.165, 1.54) is 0 Å². The van der Waals surface area contributed by atoms with E-state index in [1.807, 2.05) is 13.8 Å². The molecule has 0 amide bonds. The first kappa shape index (κ1) is 16.3. The van der Waals surface area contributed by atoms with E-state index in [9.17, 15) is 0 Å². The fraction of sp³-hybridized carbons (Fsp3) is 1.00. The maximum Gasteiger partial charge on any atom is 0.0558 e. The van der Waals surface area contributed by atoms with Gasteiger partial charge in [0.1, 0.15) is 0 Å². The predicted molar refractivity (Wildman–Crippen MR) is 62.2 cm³/mol. The molecule has 0 radical (unpaired) electrons. The third kappa shape index (κ3) is 11.8. The second-order valence-corrected chi connectivity index (χ2v) is 2.85.